The Kier molecular flexibility index (Phi) is 6.72. The van der Waals surface area contributed by atoms with Crippen molar-refractivity contribution in [3.63, 3.8) is 0 Å². The fraction of sp³-hybridized carbons (Fsp3) is 0.389. The fourth-order valence-corrected chi connectivity index (χ4v) is 3.25. The first-order valence-electron chi connectivity index (χ1n) is 8.73. The van der Waals surface area contributed by atoms with Gasteiger partial charge in [-0.3, -0.25) is 4.79 Å². The van der Waals surface area contributed by atoms with Crippen molar-refractivity contribution in [2.24, 2.45) is 0 Å². The summed E-state index contributed by atoms with van der Waals surface area (Å²) in [5, 5.41) is 3.35. The highest BCUT2D eigenvalue weighted by Crippen LogP contribution is 2.20. The van der Waals surface area contributed by atoms with Crippen molar-refractivity contribution in [3.8, 4) is 0 Å². The molecular formula is C18H22N4O4S. The summed E-state index contributed by atoms with van der Waals surface area (Å²) >= 11 is 1.22. The second-order valence-electron chi connectivity index (χ2n) is 5.81. The van der Waals surface area contributed by atoms with Crippen molar-refractivity contribution in [3.05, 3.63) is 36.2 Å². The lowest BCUT2D eigenvalue weighted by Crippen LogP contribution is -2.36. The molecule has 2 aromatic rings. The molecule has 1 aromatic heterocycles. The molecule has 0 aliphatic carbocycles. The minimum absolute atomic E-state index is 0.145. The molecule has 1 fully saturated rings. The summed E-state index contributed by atoms with van der Waals surface area (Å²) in [5.41, 5.74) is 2.13. The summed E-state index contributed by atoms with van der Waals surface area (Å²) in [6.07, 6.45) is 1.41. The molecule has 9 heteroatoms. The lowest BCUT2D eigenvalue weighted by atomic mass is 10.2. The quantitative estimate of drug-likeness (QED) is 0.552. The van der Waals surface area contributed by atoms with Gasteiger partial charge in [-0.05, 0) is 31.2 Å². The number of nitrogens with zero attached hydrogens (tertiary/aromatic N) is 2. The number of thioether (sulfide) groups is 1. The van der Waals surface area contributed by atoms with Gasteiger partial charge in [0, 0.05) is 24.5 Å². The normalized spacial score (nSPS) is 14.0. The Labute approximate surface area is 161 Å². The number of carbonyl (C=O) groups excluding carboxylic acids is 2. The van der Waals surface area contributed by atoms with Crippen LogP contribution < -0.4 is 10.2 Å². The fourth-order valence-electron chi connectivity index (χ4n) is 2.60. The van der Waals surface area contributed by atoms with Crippen LogP contribution in [0, 0.1) is 0 Å². The van der Waals surface area contributed by atoms with Crippen LogP contribution in [0.2, 0.25) is 0 Å². The van der Waals surface area contributed by atoms with Gasteiger partial charge in [-0.2, -0.15) is 0 Å². The van der Waals surface area contributed by atoms with E-state index in [-0.39, 0.29) is 17.4 Å². The first kappa shape index (κ1) is 19.2. The molecule has 1 aliphatic rings. The molecule has 0 bridgehead atoms. The van der Waals surface area contributed by atoms with E-state index in [4.69, 9.17) is 9.47 Å². The van der Waals surface area contributed by atoms with E-state index in [1.54, 1.807) is 6.92 Å². The van der Waals surface area contributed by atoms with Crippen LogP contribution in [-0.4, -0.2) is 60.5 Å². The Morgan fingerprint density at radius 1 is 1.30 bits per heavy atom. The minimum atomic E-state index is -0.457. The zero-order chi connectivity index (χ0) is 19.1. The SMILES string of the molecule is CCOC(=O)c1cnc(SCC(=O)Nc2ccc(N3CCOCC3)cc2)[nH]1. The molecule has 2 N–H and O–H groups in total. The predicted molar refractivity (Wildman–Crippen MR) is 103 cm³/mol. The van der Waals surface area contributed by atoms with E-state index >= 15 is 0 Å². The average Bonchev–Trinajstić information content (AvgIpc) is 3.17. The van der Waals surface area contributed by atoms with Gasteiger partial charge in [-0.25, -0.2) is 9.78 Å². The average molecular weight is 390 g/mol. The van der Waals surface area contributed by atoms with E-state index in [9.17, 15) is 9.59 Å². The molecule has 2 heterocycles. The third kappa shape index (κ3) is 5.48. The molecule has 0 unspecified atom stereocenters. The molecule has 0 atom stereocenters. The third-order valence-electron chi connectivity index (χ3n) is 3.92. The summed E-state index contributed by atoms with van der Waals surface area (Å²) in [6, 6.07) is 7.76. The summed E-state index contributed by atoms with van der Waals surface area (Å²) in [4.78, 5) is 32.9. The van der Waals surface area contributed by atoms with Crippen molar-refractivity contribution in [1.29, 1.82) is 0 Å². The van der Waals surface area contributed by atoms with Gasteiger partial charge >= 0.3 is 5.97 Å². The van der Waals surface area contributed by atoms with Crippen molar-refractivity contribution in [1.82, 2.24) is 9.97 Å². The van der Waals surface area contributed by atoms with E-state index in [0.717, 1.165) is 37.7 Å². The molecule has 0 saturated carbocycles. The summed E-state index contributed by atoms with van der Waals surface area (Å²) in [6.45, 7) is 5.26. The maximum absolute atomic E-state index is 12.1. The predicted octanol–water partition coefficient (Wildman–Crippen LogP) is 2.15. The Morgan fingerprint density at radius 3 is 2.74 bits per heavy atom. The summed E-state index contributed by atoms with van der Waals surface area (Å²) < 4.78 is 10.2. The number of esters is 1. The third-order valence-corrected chi connectivity index (χ3v) is 4.80. The van der Waals surface area contributed by atoms with E-state index in [1.807, 2.05) is 24.3 Å². The van der Waals surface area contributed by atoms with Crippen LogP contribution in [0.1, 0.15) is 17.4 Å². The largest absolute Gasteiger partial charge is 0.461 e. The number of hydrogen-bond donors (Lipinski definition) is 2. The van der Waals surface area contributed by atoms with Gasteiger partial charge in [0.25, 0.3) is 0 Å². The van der Waals surface area contributed by atoms with Gasteiger partial charge < -0.3 is 24.7 Å². The van der Waals surface area contributed by atoms with E-state index in [2.05, 4.69) is 20.2 Å². The number of morpholine rings is 1. The molecule has 27 heavy (non-hydrogen) atoms. The van der Waals surface area contributed by atoms with Crippen molar-refractivity contribution < 1.29 is 19.1 Å². The zero-order valence-electron chi connectivity index (χ0n) is 15.1. The van der Waals surface area contributed by atoms with Gasteiger partial charge in [0.05, 0.1) is 31.8 Å². The molecule has 3 rings (SSSR count). The lowest BCUT2D eigenvalue weighted by molar-refractivity contribution is -0.113. The standard InChI is InChI=1S/C18H22N4O4S/c1-2-26-17(24)15-11-19-18(21-15)27-12-16(23)20-13-3-5-14(6-4-13)22-7-9-25-10-8-22/h3-6,11H,2,7-10,12H2,1H3,(H,19,21)(H,20,23). The Balaban J connectivity index is 1.47. The number of hydrogen-bond acceptors (Lipinski definition) is 7. The Hall–Kier alpha value is -2.52. The lowest BCUT2D eigenvalue weighted by Gasteiger charge is -2.28. The number of aromatic amines is 1. The zero-order valence-corrected chi connectivity index (χ0v) is 15.9. The molecule has 1 saturated heterocycles. The van der Waals surface area contributed by atoms with Crippen LogP contribution in [0.4, 0.5) is 11.4 Å². The van der Waals surface area contributed by atoms with Crippen molar-refractivity contribution in [2.75, 3.05) is 48.9 Å². The van der Waals surface area contributed by atoms with Gasteiger partial charge in [-0.1, -0.05) is 11.8 Å². The highest BCUT2D eigenvalue weighted by atomic mass is 32.2. The van der Waals surface area contributed by atoms with E-state index in [1.165, 1.54) is 18.0 Å². The molecule has 0 radical (unpaired) electrons. The number of ether oxygens (including phenoxy) is 2. The van der Waals surface area contributed by atoms with Gasteiger partial charge in [0.2, 0.25) is 5.91 Å². The van der Waals surface area contributed by atoms with Crippen LogP contribution in [0.15, 0.2) is 35.6 Å². The molecule has 1 aliphatic heterocycles. The first-order valence-corrected chi connectivity index (χ1v) is 9.72. The van der Waals surface area contributed by atoms with Crippen molar-refractivity contribution in [2.45, 2.75) is 12.1 Å². The first-order chi connectivity index (χ1) is 13.2. The number of imidazole rings is 1. The topological polar surface area (TPSA) is 96.5 Å². The maximum atomic E-state index is 12.1. The molecular weight excluding hydrogens is 368 g/mol. The number of carbonyl (C=O) groups is 2. The number of nitrogens with one attached hydrogen (secondary N) is 2. The number of H-pyrrole nitrogens is 1. The second-order valence-corrected chi connectivity index (χ2v) is 6.77. The van der Waals surface area contributed by atoms with E-state index in [0.29, 0.717) is 11.8 Å². The number of aromatic nitrogens is 2. The minimum Gasteiger partial charge on any atom is -0.461 e. The van der Waals surface area contributed by atoms with Crippen LogP contribution >= 0.6 is 11.8 Å². The van der Waals surface area contributed by atoms with Gasteiger partial charge in [-0.15, -0.1) is 0 Å². The number of anilines is 2. The molecule has 1 amide bonds. The Morgan fingerprint density at radius 2 is 2.04 bits per heavy atom. The number of rotatable bonds is 7. The molecule has 1 aromatic carbocycles. The second kappa shape index (κ2) is 9.43. The van der Waals surface area contributed by atoms with Gasteiger partial charge in [0.1, 0.15) is 5.69 Å². The summed E-state index contributed by atoms with van der Waals surface area (Å²) in [7, 11) is 0. The highest BCUT2D eigenvalue weighted by molar-refractivity contribution is 7.99. The monoisotopic (exact) mass is 390 g/mol. The highest BCUT2D eigenvalue weighted by Gasteiger charge is 2.13. The maximum Gasteiger partial charge on any atom is 0.356 e. The van der Waals surface area contributed by atoms with Crippen LogP contribution in [0.25, 0.3) is 0 Å². The van der Waals surface area contributed by atoms with Gasteiger partial charge in [0.15, 0.2) is 5.16 Å². The summed E-state index contributed by atoms with van der Waals surface area (Å²) in [5.74, 6) is -0.420. The van der Waals surface area contributed by atoms with E-state index < -0.39 is 5.97 Å². The molecule has 8 nitrogen and oxygen atoms in total. The number of benzene rings is 1. The molecule has 144 valence electrons. The Bertz CT molecular complexity index is 772. The van der Waals surface area contributed by atoms with Crippen LogP contribution in [-0.2, 0) is 14.3 Å². The van der Waals surface area contributed by atoms with Crippen LogP contribution in [0.5, 0.6) is 0 Å². The van der Waals surface area contributed by atoms with Crippen molar-refractivity contribution >= 4 is 35.0 Å². The molecule has 0 spiro atoms. The smallest absolute Gasteiger partial charge is 0.356 e. The van der Waals surface area contributed by atoms with Crippen LogP contribution in [0.3, 0.4) is 0 Å². The number of amides is 1.